The van der Waals surface area contributed by atoms with Gasteiger partial charge in [0.2, 0.25) is 0 Å². The summed E-state index contributed by atoms with van der Waals surface area (Å²) in [6.07, 6.45) is 5.88. The van der Waals surface area contributed by atoms with Crippen LogP contribution < -0.4 is 0 Å². The summed E-state index contributed by atoms with van der Waals surface area (Å²) in [6, 6.07) is 0. The van der Waals surface area contributed by atoms with Crippen LogP contribution in [-0.4, -0.2) is 30.2 Å². The Morgan fingerprint density at radius 1 is 0.625 bits per heavy atom. The summed E-state index contributed by atoms with van der Waals surface area (Å²) in [6.45, 7) is 0.312. The predicted octanol–water partition coefficient (Wildman–Crippen LogP) is 5.41. The second-order valence-electron chi connectivity index (χ2n) is 8.68. The fraction of sp³-hybridized carbons (Fsp3) is 1.00. The van der Waals surface area contributed by atoms with E-state index in [1.54, 1.807) is 0 Å². The van der Waals surface area contributed by atoms with Crippen LogP contribution in [0.25, 0.3) is 0 Å². The van der Waals surface area contributed by atoms with Crippen LogP contribution in [0.3, 0.4) is 0 Å². The maximum atomic E-state index is 13.7. The predicted molar refractivity (Wildman–Crippen MR) is 90.0 cm³/mol. The van der Waals surface area contributed by atoms with Crippen molar-refractivity contribution in [1.29, 1.82) is 0 Å². The van der Waals surface area contributed by atoms with Crippen LogP contribution in [-0.2, 0) is 0 Å². The SMILES string of the molecule is OCCC1CCC(C2CCC(C3CC(F)C(F)C(F)C3)CC2)CC1. The molecule has 0 bridgehead atoms. The highest BCUT2D eigenvalue weighted by molar-refractivity contribution is 4.91. The fourth-order valence-electron chi connectivity index (χ4n) is 5.76. The minimum absolute atomic E-state index is 0.0447. The van der Waals surface area contributed by atoms with Crippen molar-refractivity contribution in [2.24, 2.45) is 29.6 Å². The van der Waals surface area contributed by atoms with E-state index in [1.807, 2.05) is 0 Å². The molecule has 3 fully saturated rings. The lowest BCUT2D eigenvalue weighted by atomic mass is 9.65. The third-order valence-corrected chi connectivity index (χ3v) is 7.33. The van der Waals surface area contributed by atoms with E-state index in [9.17, 15) is 13.2 Å². The zero-order valence-corrected chi connectivity index (χ0v) is 14.7. The molecule has 24 heavy (non-hydrogen) atoms. The lowest BCUT2D eigenvalue weighted by Crippen LogP contribution is -2.40. The molecule has 0 spiro atoms. The highest BCUT2D eigenvalue weighted by atomic mass is 19.2. The number of hydrogen-bond donors (Lipinski definition) is 1. The van der Waals surface area contributed by atoms with E-state index in [0.29, 0.717) is 18.4 Å². The van der Waals surface area contributed by atoms with Crippen molar-refractivity contribution < 1.29 is 18.3 Å². The first kappa shape index (κ1) is 18.5. The molecule has 140 valence electrons. The smallest absolute Gasteiger partial charge is 0.162 e. The van der Waals surface area contributed by atoms with Crippen molar-refractivity contribution in [2.45, 2.75) is 89.1 Å². The van der Waals surface area contributed by atoms with Crippen molar-refractivity contribution >= 4 is 0 Å². The zero-order chi connectivity index (χ0) is 17.1. The summed E-state index contributed by atoms with van der Waals surface area (Å²) in [5.41, 5.74) is 0. The number of halogens is 3. The number of hydrogen-bond acceptors (Lipinski definition) is 1. The molecule has 4 heteroatoms. The average Bonchev–Trinajstić information content (AvgIpc) is 2.60. The summed E-state index contributed by atoms with van der Waals surface area (Å²) in [7, 11) is 0. The normalized spacial score (nSPS) is 47.5. The first-order chi connectivity index (χ1) is 11.6. The molecule has 3 aliphatic carbocycles. The molecule has 0 aromatic heterocycles. The van der Waals surface area contributed by atoms with E-state index in [0.717, 1.165) is 31.1 Å². The molecular formula is C20H33F3O. The van der Waals surface area contributed by atoms with Crippen LogP contribution in [0, 0.1) is 29.6 Å². The molecule has 0 heterocycles. The molecule has 0 aromatic rings. The maximum Gasteiger partial charge on any atom is 0.162 e. The van der Waals surface area contributed by atoms with Gasteiger partial charge in [0.05, 0.1) is 0 Å². The van der Waals surface area contributed by atoms with Crippen molar-refractivity contribution in [2.75, 3.05) is 6.61 Å². The Hall–Kier alpha value is -0.250. The van der Waals surface area contributed by atoms with Gasteiger partial charge in [-0.2, -0.15) is 0 Å². The van der Waals surface area contributed by atoms with Gasteiger partial charge in [-0.15, -0.1) is 0 Å². The van der Waals surface area contributed by atoms with Crippen molar-refractivity contribution in [3.63, 3.8) is 0 Å². The van der Waals surface area contributed by atoms with Gasteiger partial charge < -0.3 is 5.11 Å². The van der Waals surface area contributed by atoms with Gasteiger partial charge in [-0.05, 0) is 87.4 Å². The van der Waals surface area contributed by atoms with Gasteiger partial charge in [0, 0.05) is 6.61 Å². The lowest BCUT2D eigenvalue weighted by Gasteiger charge is -2.41. The van der Waals surface area contributed by atoms with Gasteiger partial charge in [0.1, 0.15) is 12.3 Å². The van der Waals surface area contributed by atoms with Gasteiger partial charge in [-0.1, -0.05) is 12.8 Å². The van der Waals surface area contributed by atoms with Crippen LogP contribution in [0.5, 0.6) is 0 Å². The van der Waals surface area contributed by atoms with Crippen molar-refractivity contribution in [3.05, 3.63) is 0 Å². The topological polar surface area (TPSA) is 20.2 Å². The van der Waals surface area contributed by atoms with Crippen LogP contribution >= 0.6 is 0 Å². The van der Waals surface area contributed by atoms with Crippen LogP contribution in [0.4, 0.5) is 13.2 Å². The molecule has 1 nitrogen and oxygen atoms in total. The second-order valence-corrected chi connectivity index (χ2v) is 8.68. The summed E-state index contributed by atoms with van der Waals surface area (Å²) < 4.78 is 40.7. The summed E-state index contributed by atoms with van der Waals surface area (Å²) in [5, 5.41) is 9.06. The second kappa shape index (κ2) is 8.42. The van der Waals surface area contributed by atoms with Crippen LogP contribution in [0.15, 0.2) is 0 Å². The Morgan fingerprint density at radius 2 is 1.04 bits per heavy atom. The maximum absolute atomic E-state index is 13.7. The van der Waals surface area contributed by atoms with Gasteiger partial charge in [-0.3, -0.25) is 0 Å². The average molecular weight is 346 g/mol. The Kier molecular flexibility index (Phi) is 6.50. The van der Waals surface area contributed by atoms with Crippen molar-refractivity contribution in [1.82, 2.24) is 0 Å². The Labute approximate surface area is 144 Å². The number of rotatable bonds is 4. The largest absolute Gasteiger partial charge is 0.396 e. The molecule has 3 saturated carbocycles. The standard InChI is InChI=1S/C20H33F3O/c21-18-11-17(12-19(22)20(18)23)16-7-5-15(6-8-16)14-3-1-13(2-4-14)9-10-24/h13-20,24H,1-12H2. The van der Waals surface area contributed by atoms with E-state index in [4.69, 9.17) is 5.11 Å². The number of aliphatic hydroxyl groups excluding tert-OH is 1. The Balaban J connectivity index is 1.43. The first-order valence-corrected chi connectivity index (χ1v) is 10.1. The molecule has 0 aromatic carbocycles. The minimum Gasteiger partial charge on any atom is -0.396 e. The van der Waals surface area contributed by atoms with Crippen LogP contribution in [0.1, 0.15) is 70.6 Å². The van der Waals surface area contributed by atoms with Crippen molar-refractivity contribution in [3.8, 4) is 0 Å². The van der Waals surface area contributed by atoms with Gasteiger partial charge in [-0.25, -0.2) is 13.2 Å². The highest BCUT2D eigenvalue weighted by Crippen LogP contribution is 2.46. The van der Waals surface area contributed by atoms with E-state index in [-0.39, 0.29) is 18.8 Å². The van der Waals surface area contributed by atoms with E-state index in [1.165, 1.54) is 38.5 Å². The summed E-state index contributed by atoms with van der Waals surface area (Å²) in [4.78, 5) is 0. The quantitative estimate of drug-likeness (QED) is 0.722. The molecule has 3 rings (SSSR count). The Bertz CT molecular complexity index is 363. The van der Waals surface area contributed by atoms with Crippen LogP contribution in [0.2, 0.25) is 0 Å². The fourth-order valence-corrected chi connectivity index (χ4v) is 5.76. The molecule has 0 amide bonds. The number of aliphatic hydroxyl groups is 1. The van der Waals surface area contributed by atoms with E-state index >= 15 is 0 Å². The molecule has 1 N–H and O–H groups in total. The molecule has 3 aliphatic rings. The third-order valence-electron chi connectivity index (χ3n) is 7.33. The number of alkyl halides is 3. The van der Waals surface area contributed by atoms with Gasteiger partial charge in [0.25, 0.3) is 0 Å². The molecule has 0 saturated heterocycles. The molecule has 0 radical (unpaired) electrons. The monoisotopic (exact) mass is 346 g/mol. The van der Waals surface area contributed by atoms with E-state index in [2.05, 4.69) is 0 Å². The highest BCUT2D eigenvalue weighted by Gasteiger charge is 2.42. The summed E-state index contributed by atoms with van der Waals surface area (Å²) >= 11 is 0. The lowest BCUT2D eigenvalue weighted by molar-refractivity contribution is -0.00712. The minimum atomic E-state index is -1.90. The van der Waals surface area contributed by atoms with Gasteiger partial charge >= 0.3 is 0 Å². The molecule has 2 unspecified atom stereocenters. The molecule has 0 aliphatic heterocycles. The third kappa shape index (κ3) is 4.28. The zero-order valence-electron chi connectivity index (χ0n) is 14.7. The Morgan fingerprint density at radius 3 is 1.50 bits per heavy atom. The first-order valence-electron chi connectivity index (χ1n) is 10.1. The van der Waals surface area contributed by atoms with Gasteiger partial charge in [0.15, 0.2) is 6.17 Å². The molecular weight excluding hydrogens is 313 g/mol. The molecule has 2 atom stereocenters. The summed E-state index contributed by atoms with van der Waals surface area (Å²) in [5.74, 6) is 2.74. The van der Waals surface area contributed by atoms with E-state index < -0.39 is 18.5 Å².